The minimum absolute atomic E-state index is 0. The number of likely N-dealkylation sites (N-methyl/N-ethyl adjacent to an activating group) is 1. The lowest BCUT2D eigenvalue weighted by Crippen LogP contribution is -2.68. The van der Waals surface area contributed by atoms with Crippen molar-refractivity contribution < 1.29 is 9.53 Å². The first kappa shape index (κ1) is 22.7. The van der Waals surface area contributed by atoms with Gasteiger partial charge in [-0.1, -0.05) is 33.1 Å². The van der Waals surface area contributed by atoms with Crippen LogP contribution < -0.4 is 10.6 Å². The average molecular weight is 492 g/mol. The quantitative estimate of drug-likeness (QED) is 0.352. The third-order valence-corrected chi connectivity index (χ3v) is 6.55. The molecule has 3 unspecified atom stereocenters. The van der Waals surface area contributed by atoms with Gasteiger partial charge in [-0.05, 0) is 25.2 Å². The van der Waals surface area contributed by atoms with Gasteiger partial charge in [0.1, 0.15) is 6.54 Å². The Morgan fingerprint density at radius 3 is 2.56 bits per heavy atom. The van der Waals surface area contributed by atoms with Crippen molar-refractivity contribution in [3.05, 3.63) is 0 Å². The van der Waals surface area contributed by atoms with Crippen LogP contribution in [0.1, 0.15) is 52.4 Å². The SMILES string of the molecule is CN(C)C(=O)CN=C(NCC1CCCCC1)NC1C2CCOC2C1(C)C.I. The molecule has 2 aliphatic carbocycles. The van der Waals surface area contributed by atoms with Gasteiger partial charge in [0, 0.05) is 44.6 Å². The van der Waals surface area contributed by atoms with Gasteiger partial charge in [0.15, 0.2) is 5.96 Å². The van der Waals surface area contributed by atoms with Crippen LogP contribution in [0.5, 0.6) is 0 Å². The Balaban J connectivity index is 0.00000261. The van der Waals surface area contributed by atoms with E-state index in [1.165, 1.54) is 32.1 Å². The Morgan fingerprint density at radius 2 is 1.89 bits per heavy atom. The summed E-state index contributed by atoms with van der Waals surface area (Å²) in [6.45, 7) is 6.52. The summed E-state index contributed by atoms with van der Waals surface area (Å²) < 4.78 is 5.90. The maximum absolute atomic E-state index is 12.0. The molecule has 1 saturated heterocycles. The second-order valence-corrected chi connectivity index (χ2v) is 9.03. The lowest BCUT2D eigenvalue weighted by molar-refractivity contribution is -0.127. The predicted molar refractivity (Wildman–Crippen MR) is 120 cm³/mol. The maximum Gasteiger partial charge on any atom is 0.243 e. The fourth-order valence-electron chi connectivity index (χ4n) is 4.84. The molecule has 0 bridgehead atoms. The molecule has 7 heteroatoms. The monoisotopic (exact) mass is 492 g/mol. The average Bonchev–Trinajstić information content (AvgIpc) is 3.08. The molecule has 3 aliphatic rings. The van der Waals surface area contributed by atoms with E-state index in [1.54, 1.807) is 19.0 Å². The van der Waals surface area contributed by atoms with Gasteiger partial charge in [-0.3, -0.25) is 4.79 Å². The predicted octanol–water partition coefficient (Wildman–Crippen LogP) is 2.62. The molecule has 3 atom stereocenters. The molecular formula is C20H37IN4O2. The lowest BCUT2D eigenvalue weighted by atomic mass is 9.57. The van der Waals surface area contributed by atoms with Crippen LogP contribution in [0.2, 0.25) is 0 Å². The third-order valence-electron chi connectivity index (χ3n) is 6.55. The zero-order valence-electron chi connectivity index (χ0n) is 17.3. The summed E-state index contributed by atoms with van der Waals surface area (Å²) in [7, 11) is 3.55. The molecule has 1 amide bonds. The van der Waals surface area contributed by atoms with Crippen LogP contribution >= 0.6 is 24.0 Å². The Bertz CT molecular complexity index is 532. The molecule has 3 fully saturated rings. The lowest BCUT2D eigenvalue weighted by Gasteiger charge is -2.55. The van der Waals surface area contributed by atoms with Crippen LogP contribution in [0.3, 0.4) is 0 Å². The standard InChI is InChI=1S/C20H36N4O2.HI/c1-20(2)17(15-10-11-26-18(15)20)23-19(22-13-16(25)24(3)4)21-12-14-8-6-5-7-9-14;/h14-15,17-18H,5-13H2,1-4H3,(H2,21,22,23);1H. The van der Waals surface area contributed by atoms with E-state index in [9.17, 15) is 4.79 Å². The van der Waals surface area contributed by atoms with E-state index in [0.29, 0.717) is 18.1 Å². The van der Waals surface area contributed by atoms with Crippen molar-refractivity contribution in [2.45, 2.75) is 64.5 Å². The van der Waals surface area contributed by atoms with E-state index < -0.39 is 0 Å². The summed E-state index contributed by atoms with van der Waals surface area (Å²) in [5.41, 5.74) is 0.0972. The Morgan fingerprint density at radius 1 is 1.19 bits per heavy atom. The molecule has 2 N–H and O–H groups in total. The normalized spacial score (nSPS) is 29.9. The number of hydrogen-bond acceptors (Lipinski definition) is 3. The van der Waals surface area contributed by atoms with E-state index in [-0.39, 0.29) is 41.8 Å². The van der Waals surface area contributed by atoms with E-state index in [4.69, 9.17) is 4.74 Å². The number of carbonyl (C=O) groups excluding carboxylic acids is 1. The van der Waals surface area contributed by atoms with Gasteiger partial charge >= 0.3 is 0 Å². The second-order valence-electron chi connectivity index (χ2n) is 9.03. The summed E-state index contributed by atoms with van der Waals surface area (Å²) in [5, 5.41) is 7.17. The molecule has 1 heterocycles. The first-order valence-electron chi connectivity index (χ1n) is 10.3. The van der Waals surface area contributed by atoms with E-state index in [0.717, 1.165) is 31.4 Å². The Kier molecular flexibility index (Phi) is 8.21. The highest BCUT2D eigenvalue weighted by molar-refractivity contribution is 14.0. The van der Waals surface area contributed by atoms with Gasteiger partial charge in [0.2, 0.25) is 5.91 Å². The van der Waals surface area contributed by atoms with Crippen LogP contribution in [-0.4, -0.2) is 62.7 Å². The summed E-state index contributed by atoms with van der Waals surface area (Å²) in [6, 6.07) is 0.349. The molecule has 6 nitrogen and oxygen atoms in total. The molecule has 0 radical (unpaired) electrons. The number of amides is 1. The third kappa shape index (κ3) is 5.28. The number of halogens is 1. The van der Waals surface area contributed by atoms with E-state index in [1.807, 2.05) is 0 Å². The molecule has 0 aromatic carbocycles. The fraction of sp³-hybridized carbons (Fsp3) is 0.900. The number of guanidine groups is 1. The minimum atomic E-state index is 0. The second kappa shape index (κ2) is 9.76. The maximum atomic E-state index is 12.0. The number of nitrogens with zero attached hydrogens (tertiary/aromatic N) is 2. The van der Waals surface area contributed by atoms with Crippen molar-refractivity contribution in [3.8, 4) is 0 Å². The van der Waals surface area contributed by atoms with Crippen LogP contribution in [0.15, 0.2) is 4.99 Å². The number of ether oxygens (including phenoxy) is 1. The van der Waals surface area contributed by atoms with Gasteiger partial charge < -0.3 is 20.3 Å². The summed E-state index contributed by atoms with van der Waals surface area (Å²) in [5.74, 6) is 2.08. The molecule has 1 aliphatic heterocycles. The van der Waals surface area contributed by atoms with Crippen LogP contribution in [0, 0.1) is 17.3 Å². The first-order chi connectivity index (χ1) is 12.4. The number of nitrogens with one attached hydrogen (secondary N) is 2. The zero-order valence-corrected chi connectivity index (χ0v) is 19.6. The number of rotatable bonds is 5. The van der Waals surface area contributed by atoms with Crippen molar-refractivity contribution in [2.75, 3.05) is 33.8 Å². The van der Waals surface area contributed by atoms with E-state index in [2.05, 4.69) is 29.5 Å². The van der Waals surface area contributed by atoms with E-state index >= 15 is 0 Å². The van der Waals surface area contributed by atoms with Crippen molar-refractivity contribution >= 4 is 35.8 Å². The number of carbonyl (C=O) groups is 1. The van der Waals surface area contributed by atoms with Crippen molar-refractivity contribution in [1.82, 2.24) is 15.5 Å². The highest BCUT2D eigenvalue weighted by Crippen LogP contribution is 2.52. The van der Waals surface area contributed by atoms with Crippen molar-refractivity contribution in [3.63, 3.8) is 0 Å². The van der Waals surface area contributed by atoms with Crippen molar-refractivity contribution in [1.29, 1.82) is 0 Å². The molecule has 0 aromatic heterocycles. The molecule has 2 saturated carbocycles. The van der Waals surface area contributed by atoms with Gasteiger partial charge in [-0.25, -0.2) is 4.99 Å². The van der Waals surface area contributed by atoms with Crippen LogP contribution in [0.25, 0.3) is 0 Å². The largest absolute Gasteiger partial charge is 0.377 e. The van der Waals surface area contributed by atoms with Gasteiger partial charge in [-0.2, -0.15) is 0 Å². The van der Waals surface area contributed by atoms with Gasteiger partial charge in [0.05, 0.1) is 6.10 Å². The summed E-state index contributed by atoms with van der Waals surface area (Å²) >= 11 is 0. The van der Waals surface area contributed by atoms with Crippen LogP contribution in [-0.2, 0) is 9.53 Å². The Labute approximate surface area is 181 Å². The first-order valence-corrected chi connectivity index (χ1v) is 10.3. The minimum Gasteiger partial charge on any atom is -0.377 e. The number of fused-ring (bicyclic) bond motifs is 1. The smallest absolute Gasteiger partial charge is 0.243 e. The Hall–Kier alpha value is -0.570. The number of hydrogen-bond donors (Lipinski definition) is 2. The van der Waals surface area contributed by atoms with Crippen LogP contribution in [0.4, 0.5) is 0 Å². The molecule has 156 valence electrons. The summed E-state index contributed by atoms with van der Waals surface area (Å²) in [4.78, 5) is 18.2. The highest BCUT2D eigenvalue weighted by Gasteiger charge is 2.59. The van der Waals surface area contributed by atoms with Gasteiger partial charge in [-0.15, -0.1) is 24.0 Å². The topological polar surface area (TPSA) is 66.0 Å². The number of aliphatic imine (C=N–C) groups is 1. The fourth-order valence-corrected chi connectivity index (χ4v) is 4.84. The van der Waals surface area contributed by atoms with Gasteiger partial charge in [0.25, 0.3) is 0 Å². The zero-order chi connectivity index (χ0) is 18.7. The summed E-state index contributed by atoms with van der Waals surface area (Å²) in [6.07, 6.45) is 8.09. The molecule has 3 rings (SSSR count). The molecule has 0 spiro atoms. The molecule has 0 aromatic rings. The molecular weight excluding hydrogens is 455 g/mol. The highest BCUT2D eigenvalue weighted by atomic mass is 127. The molecule has 27 heavy (non-hydrogen) atoms. The van der Waals surface area contributed by atoms with Crippen molar-refractivity contribution in [2.24, 2.45) is 22.2 Å².